The van der Waals surface area contributed by atoms with Crippen LogP contribution in [-0.4, -0.2) is 54.7 Å². The third-order valence-corrected chi connectivity index (χ3v) is 3.26. The Labute approximate surface area is 113 Å². The van der Waals surface area contributed by atoms with E-state index < -0.39 is 0 Å². The minimum Gasteiger partial charge on any atom is -0.394 e. The van der Waals surface area contributed by atoms with Crippen LogP contribution in [0, 0.1) is 0 Å². The number of aliphatic hydroxyl groups is 1. The molecule has 2 rings (SSSR count). The number of aromatic nitrogens is 1. The van der Waals surface area contributed by atoms with Crippen LogP contribution in [0.25, 0.3) is 0 Å². The molecule has 108 valence electrons. The second-order valence-corrected chi connectivity index (χ2v) is 4.79. The molecule has 1 aliphatic heterocycles. The van der Waals surface area contributed by atoms with E-state index in [2.05, 4.69) is 10.1 Å². The molecule has 19 heavy (non-hydrogen) atoms. The Kier molecular flexibility index (Phi) is 5.78. The minimum absolute atomic E-state index is 0.0986. The quantitative estimate of drug-likeness (QED) is 0.790. The van der Waals surface area contributed by atoms with Crippen LogP contribution in [0.1, 0.15) is 24.3 Å². The molecule has 1 aromatic heterocycles. The van der Waals surface area contributed by atoms with E-state index in [9.17, 15) is 0 Å². The van der Waals surface area contributed by atoms with Gasteiger partial charge in [0.25, 0.3) is 0 Å². The lowest BCUT2D eigenvalue weighted by Crippen LogP contribution is -2.37. The van der Waals surface area contributed by atoms with Crippen molar-refractivity contribution < 1.29 is 19.1 Å². The van der Waals surface area contributed by atoms with Gasteiger partial charge >= 0.3 is 0 Å². The highest BCUT2D eigenvalue weighted by atomic mass is 16.5. The van der Waals surface area contributed by atoms with Gasteiger partial charge < -0.3 is 19.1 Å². The first-order chi connectivity index (χ1) is 9.31. The predicted octanol–water partition coefficient (Wildman–Crippen LogP) is 0.794. The second kappa shape index (κ2) is 7.59. The van der Waals surface area contributed by atoms with Gasteiger partial charge in [-0.2, -0.15) is 0 Å². The average Bonchev–Trinajstić information content (AvgIpc) is 2.86. The summed E-state index contributed by atoms with van der Waals surface area (Å²) in [6, 6.07) is 1.94. The molecule has 1 aromatic rings. The fourth-order valence-electron chi connectivity index (χ4n) is 2.32. The van der Waals surface area contributed by atoms with Crippen molar-refractivity contribution in [2.45, 2.75) is 32.1 Å². The SMILES string of the molecule is COCc1cc(CN2CCC(OCCO)CC2)no1. The molecule has 1 fully saturated rings. The van der Waals surface area contributed by atoms with Crippen molar-refractivity contribution >= 4 is 0 Å². The molecule has 1 aliphatic rings. The summed E-state index contributed by atoms with van der Waals surface area (Å²) < 4.78 is 15.7. The summed E-state index contributed by atoms with van der Waals surface area (Å²) in [7, 11) is 1.64. The third kappa shape index (κ3) is 4.58. The minimum atomic E-state index is 0.0986. The average molecular weight is 270 g/mol. The van der Waals surface area contributed by atoms with Gasteiger partial charge in [-0.15, -0.1) is 0 Å². The van der Waals surface area contributed by atoms with Crippen LogP contribution in [-0.2, 0) is 22.6 Å². The fraction of sp³-hybridized carbons (Fsp3) is 0.769. The summed E-state index contributed by atoms with van der Waals surface area (Å²) in [6.07, 6.45) is 2.29. The highest BCUT2D eigenvalue weighted by Crippen LogP contribution is 2.16. The zero-order valence-electron chi connectivity index (χ0n) is 11.4. The lowest BCUT2D eigenvalue weighted by Gasteiger charge is -2.31. The first-order valence-electron chi connectivity index (χ1n) is 6.70. The molecular weight excluding hydrogens is 248 g/mol. The topological polar surface area (TPSA) is 68.0 Å². The summed E-state index contributed by atoms with van der Waals surface area (Å²) >= 11 is 0. The van der Waals surface area contributed by atoms with E-state index in [1.54, 1.807) is 7.11 Å². The van der Waals surface area contributed by atoms with Crippen LogP contribution >= 0.6 is 0 Å². The van der Waals surface area contributed by atoms with Crippen molar-refractivity contribution in [2.24, 2.45) is 0 Å². The van der Waals surface area contributed by atoms with Crippen molar-refractivity contribution in [3.05, 3.63) is 17.5 Å². The van der Waals surface area contributed by atoms with Crippen molar-refractivity contribution in [1.29, 1.82) is 0 Å². The number of hydrogen-bond acceptors (Lipinski definition) is 6. The van der Waals surface area contributed by atoms with Crippen LogP contribution in [0.5, 0.6) is 0 Å². The summed E-state index contributed by atoms with van der Waals surface area (Å²) in [5.41, 5.74) is 0.946. The molecule has 0 unspecified atom stereocenters. The number of aliphatic hydroxyl groups excluding tert-OH is 1. The van der Waals surface area contributed by atoms with Crippen LogP contribution < -0.4 is 0 Å². The molecule has 6 nitrogen and oxygen atoms in total. The maximum Gasteiger partial charge on any atom is 0.162 e. The van der Waals surface area contributed by atoms with Gasteiger partial charge in [-0.1, -0.05) is 5.16 Å². The van der Waals surface area contributed by atoms with Crippen LogP contribution in [0.15, 0.2) is 10.6 Å². The van der Waals surface area contributed by atoms with E-state index in [4.69, 9.17) is 19.1 Å². The van der Waals surface area contributed by atoms with E-state index in [-0.39, 0.29) is 12.7 Å². The van der Waals surface area contributed by atoms with E-state index in [1.807, 2.05) is 6.07 Å². The number of likely N-dealkylation sites (tertiary alicyclic amines) is 1. The number of ether oxygens (including phenoxy) is 2. The first kappa shape index (κ1) is 14.5. The molecule has 0 bridgehead atoms. The summed E-state index contributed by atoms with van der Waals surface area (Å²) in [5, 5.41) is 12.8. The molecule has 0 aliphatic carbocycles. The van der Waals surface area contributed by atoms with Crippen molar-refractivity contribution in [3.8, 4) is 0 Å². The smallest absolute Gasteiger partial charge is 0.162 e. The molecule has 1 N–H and O–H groups in total. The zero-order chi connectivity index (χ0) is 13.5. The number of rotatable bonds is 7. The Bertz CT molecular complexity index is 361. The largest absolute Gasteiger partial charge is 0.394 e. The number of methoxy groups -OCH3 is 1. The number of nitrogens with zero attached hydrogens (tertiary/aromatic N) is 2. The van der Waals surface area contributed by atoms with Crippen molar-refractivity contribution in [3.63, 3.8) is 0 Å². The first-order valence-corrected chi connectivity index (χ1v) is 6.70. The van der Waals surface area contributed by atoms with Gasteiger partial charge in [-0.3, -0.25) is 4.90 Å². The molecule has 0 saturated carbocycles. The molecule has 0 aromatic carbocycles. The normalized spacial score (nSPS) is 18.0. The summed E-state index contributed by atoms with van der Waals surface area (Å²) in [6.45, 7) is 3.78. The predicted molar refractivity (Wildman–Crippen MR) is 68.6 cm³/mol. The lowest BCUT2D eigenvalue weighted by atomic mass is 10.1. The highest BCUT2D eigenvalue weighted by Gasteiger charge is 2.20. The Morgan fingerprint density at radius 3 is 2.95 bits per heavy atom. The molecule has 0 amide bonds. The highest BCUT2D eigenvalue weighted by molar-refractivity contribution is 5.04. The standard InChI is InChI=1S/C13H22N2O4/c1-17-10-13-8-11(14-19-13)9-15-4-2-12(3-5-15)18-7-6-16/h8,12,16H,2-7,9-10H2,1H3. The van der Waals surface area contributed by atoms with E-state index in [0.717, 1.165) is 43.9 Å². The summed E-state index contributed by atoms with van der Waals surface area (Å²) in [4.78, 5) is 2.34. The molecule has 6 heteroatoms. The van der Waals surface area contributed by atoms with Gasteiger partial charge in [0.2, 0.25) is 0 Å². The number of hydrogen-bond donors (Lipinski definition) is 1. The molecule has 0 atom stereocenters. The van der Waals surface area contributed by atoms with Crippen LogP contribution in [0.2, 0.25) is 0 Å². The van der Waals surface area contributed by atoms with Crippen molar-refractivity contribution in [1.82, 2.24) is 10.1 Å². The fourth-order valence-corrected chi connectivity index (χ4v) is 2.32. The number of piperidine rings is 1. The van der Waals surface area contributed by atoms with Gasteiger partial charge in [0, 0.05) is 32.8 Å². The third-order valence-electron chi connectivity index (χ3n) is 3.26. The maximum atomic E-state index is 8.73. The molecule has 0 radical (unpaired) electrons. The van der Waals surface area contributed by atoms with E-state index in [0.29, 0.717) is 13.2 Å². The van der Waals surface area contributed by atoms with Gasteiger partial charge in [0.05, 0.1) is 25.0 Å². The zero-order valence-corrected chi connectivity index (χ0v) is 11.4. The van der Waals surface area contributed by atoms with Crippen LogP contribution in [0.4, 0.5) is 0 Å². The van der Waals surface area contributed by atoms with Gasteiger partial charge in [-0.25, -0.2) is 0 Å². The Morgan fingerprint density at radius 2 is 2.26 bits per heavy atom. The maximum absolute atomic E-state index is 8.73. The summed E-state index contributed by atoms with van der Waals surface area (Å²) in [5.74, 6) is 0.763. The molecular formula is C13H22N2O4. The van der Waals surface area contributed by atoms with E-state index in [1.165, 1.54) is 0 Å². The Balaban J connectivity index is 1.72. The molecule has 2 heterocycles. The lowest BCUT2D eigenvalue weighted by molar-refractivity contribution is -0.00930. The van der Waals surface area contributed by atoms with E-state index >= 15 is 0 Å². The molecule has 1 saturated heterocycles. The van der Waals surface area contributed by atoms with Gasteiger partial charge in [0.1, 0.15) is 6.61 Å². The Hall–Kier alpha value is -0.950. The van der Waals surface area contributed by atoms with Crippen LogP contribution in [0.3, 0.4) is 0 Å². The molecule has 0 spiro atoms. The van der Waals surface area contributed by atoms with Gasteiger partial charge in [-0.05, 0) is 12.8 Å². The monoisotopic (exact) mass is 270 g/mol. The van der Waals surface area contributed by atoms with Crippen molar-refractivity contribution in [2.75, 3.05) is 33.4 Å². The second-order valence-electron chi connectivity index (χ2n) is 4.79. The Morgan fingerprint density at radius 1 is 1.47 bits per heavy atom. The van der Waals surface area contributed by atoms with Gasteiger partial charge in [0.15, 0.2) is 5.76 Å².